The number of nitrogens with one attached hydrogen (secondary N) is 1. The van der Waals surface area contributed by atoms with Gasteiger partial charge in [-0.25, -0.2) is 13.1 Å². The highest BCUT2D eigenvalue weighted by molar-refractivity contribution is 7.89. The van der Waals surface area contributed by atoms with Crippen LogP contribution in [0.1, 0.15) is 12.5 Å². The first-order valence-corrected chi connectivity index (χ1v) is 7.53. The molecule has 1 aromatic carbocycles. The molecule has 0 aliphatic carbocycles. The molecule has 0 saturated carbocycles. The lowest BCUT2D eigenvalue weighted by Crippen LogP contribution is -2.26. The number of halogens is 1. The fourth-order valence-electron chi connectivity index (χ4n) is 1.96. The van der Waals surface area contributed by atoms with E-state index >= 15 is 0 Å². The Morgan fingerprint density at radius 2 is 2.28 bits per heavy atom. The van der Waals surface area contributed by atoms with Gasteiger partial charge >= 0.3 is 0 Å². The maximum Gasteiger partial charge on any atom is 0.244 e. The van der Waals surface area contributed by atoms with Crippen molar-refractivity contribution >= 4 is 21.6 Å². The summed E-state index contributed by atoms with van der Waals surface area (Å²) in [5.41, 5.74) is 6.33. The summed E-state index contributed by atoms with van der Waals surface area (Å²) in [7, 11) is -3.59. The summed E-state index contributed by atoms with van der Waals surface area (Å²) >= 11 is 5.95. The van der Waals surface area contributed by atoms with Crippen LogP contribution in [0.15, 0.2) is 17.0 Å². The summed E-state index contributed by atoms with van der Waals surface area (Å²) in [5, 5.41) is 0.381. The zero-order chi connectivity index (χ0) is 13.3. The van der Waals surface area contributed by atoms with Crippen LogP contribution < -0.4 is 15.2 Å². The second-order valence-electron chi connectivity index (χ2n) is 4.07. The van der Waals surface area contributed by atoms with E-state index in [1.807, 2.05) is 0 Å². The number of ether oxygens (including phenoxy) is 1. The number of hydrogen-bond donors (Lipinski definition) is 2. The molecular formula is C11H15ClN2O3S. The largest absolute Gasteiger partial charge is 0.487 e. The van der Waals surface area contributed by atoms with Crippen LogP contribution in [-0.2, 0) is 16.4 Å². The van der Waals surface area contributed by atoms with Crippen molar-refractivity contribution in [3.05, 3.63) is 22.7 Å². The standard InChI is InChI=1S/C11H15ClN2O3S/c1-2-14-18(15,16)10-5-8(12)3-7-4-9(6-13)17-11(7)10/h3,5,9,14H,2,4,6,13H2,1H3. The fraction of sp³-hybridized carbons (Fsp3) is 0.455. The fourth-order valence-corrected chi connectivity index (χ4v) is 3.51. The van der Waals surface area contributed by atoms with Gasteiger partial charge in [0.05, 0.1) is 0 Å². The number of sulfonamides is 1. The molecule has 0 amide bonds. The Labute approximate surface area is 111 Å². The highest BCUT2D eigenvalue weighted by Gasteiger charge is 2.30. The highest BCUT2D eigenvalue weighted by atomic mass is 35.5. The van der Waals surface area contributed by atoms with Crippen LogP contribution in [0.25, 0.3) is 0 Å². The molecule has 0 saturated heterocycles. The molecule has 1 aliphatic heterocycles. The summed E-state index contributed by atoms with van der Waals surface area (Å²) in [6.07, 6.45) is 0.398. The van der Waals surface area contributed by atoms with Crippen molar-refractivity contribution in [2.45, 2.75) is 24.3 Å². The quantitative estimate of drug-likeness (QED) is 0.863. The summed E-state index contributed by atoms with van der Waals surface area (Å²) in [4.78, 5) is 0.0859. The molecule has 0 bridgehead atoms. The van der Waals surface area contributed by atoms with Gasteiger partial charge in [-0.2, -0.15) is 0 Å². The van der Waals surface area contributed by atoms with Crippen molar-refractivity contribution in [1.29, 1.82) is 0 Å². The van der Waals surface area contributed by atoms with Crippen LogP contribution in [0.3, 0.4) is 0 Å². The molecule has 1 atom stereocenters. The van der Waals surface area contributed by atoms with Crippen molar-refractivity contribution in [1.82, 2.24) is 4.72 Å². The maximum absolute atomic E-state index is 12.1. The third-order valence-corrected chi connectivity index (χ3v) is 4.48. The van der Waals surface area contributed by atoms with Gasteiger partial charge in [0, 0.05) is 30.1 Å². The minimum Gasteiger partial charge on any atom is -0.487 e. The molecule has 0 radical (unpaired) electrons. The van der Waals surface area contributed by atoms with Gasteiger partial charge < -0.3 is 10.5 Å². The van der Waals surface area contributed by atoms with Gasteiger partial charge in [-0.15, -0.1) is 0 Å². The van der Waals surface area contributed by atoms with Gasteiger partial charge in [0.15, 0.2) is 0 Å². The number of hydrogen-bond acceptors (Lipinski definition) is 4. The van der Waals surface area contributed by atoms with E-state index in [-0.39, 0.29) is 11.0 Å². The molecule has 7 heteroatoms. The highest BCUT2D eigenvalue weighted by Crippen LogP contribution is 2.37. The van der Waals surface area contributed by atoms with Crippen LogP contribution in [0.2, 0.25) is 5.02 Å². The summed E-state index contributed by atoms with van der Waals surface area (Å²) in [5.74, 6) is 0.371. The monoisotopic (exact) mass is 290 g/mol. The molecule has 1 aromatic rings. The Morgan fingerprint density at radius 1 is 1.56 bits per heavy atom. The molecule has 1 unspecified atom stereocenters. The summed E-state index contributed by atoms with van der Waals surface area (Å²) in [6, 6.07) is 3.12. The summed E-state index contributed by atoms with van der Waals surface area (Å²) < 4.78 is 32.1. The van der Waals surface area contributed by atoms with Crippen LogP contribution in [-0.4, -0.2) is 27.6 Å². The predicted molar refractivity (Wildman–Crippen MR) is 69.5 cm³/mol. The molecule has 2 rings (SSSR count). The van der Waals surface area contributed by atoms with Crippen molar-refractivity contribution < 1.29 is 13.2 Å². The zero-order valence-corrected chi connectivity index (χ0v) is 11.5. The van der Waals surface area contributed by atoms with Gasteiger partial charge in [-0.1, -0.05) is 18.5 Å². The first-order valence-electron chi connectivity index (χ1n) is 5.66. The number of nitrogens with two attached hydrogens (primary N) is 1. The predicted octanol–water partition coefficient (Wildman–Crippen LogP) is 0.900. The maximum atomic E-state index is 12.1. The van der Waals surface area contributed by atoms with E-state index < -0.39 is 10.0 Å². The zero-order valence-electron chi connectivity index (χ0n) is 9.94. The molecule has 1 heterocycles. The Morgan fingerprint density at radius 3 is 2.89 bits per heavy atom. The Balaban J connectivity index is 2.51. The second-order valence-corrected chi connectivity index (χ2v) is 6.24. The lowest BCUT2D eigenvalue weighted by molar-refractivity contribution is 0.236. The van der Waals surface area contributed by atoms with Crippen molar-refractivity contribution in [2.24, 2.45) is 5.73 Å². The number of benzene rings is 1. The van der Waals surface area contributed by atoms with E-state index in [0.717, 1.165) is 5.56 Å². The summed E-state index contributed by atoms with van der Waals surface area (Å²) in [6.45, 7) is 2.36. The smallest absolute Gasteiger partial charge is 0.244 e. The van der Waals surface area contributed by atoms with Gasteiger partial charge in [0.2, 0.25) is 10.0 Å². The van der Waals surface area contributed by atoms with Gasteiger partial charge in [-0.3, -0.25) is 0 Å². The third kappa shape index (κ3) is 2.47. The van der Waals surface area contributed by atoms with Gasteiger partial charge in [0.1, 0.15) is 16.7 Å². The molecule has 18 heavy (non-hydrogen) atoms. The van der Waals surface area contributed by atoms with Crippen molar-refractivity contribution in [3.8, 4) is 5.75 Å². The van der Waals surface area contributed by atoms with Crippen LogP contribution in [0, 0.1) is 0 Å². The minimum atomic E-state index is -3.59. The Kier molecular flexibility index (Phi) is 3.82. The van der Waals surface area contributed by atoms with Crippen LogP contribution in [0.4, 0.5) is 0 Å². The average Bonchev–Trinajstić information content (AvgIpc) is 2.70. The molecular weight excluding hydrogens is 276 g/mol. The van der Waals surface area contributed by atoms with Gasteiger partial charge in [0.25, 0.3) is 0 Å². The third-order valence-electron chi connectivity index (χ3n) is 2.72. The second kappa shape index (κ2) is 5.05. The van der Waals surface area contributed by atoms with Crippen LogP contribution >= 0.6 is 11.6 Å². The van der Waals surface area contributed by atoms with E-state index in [0.29, 0.717) is 30.3 Å². The lowest BCUT2D eigenvalue weighted by atomic mass is 10.1. The van der Waals surface area contributed by atoms with E-state index in [2.05, 4.69) is 4.72 Å². The molecule has 0 fully saturated rings. The van der Waals surface area contributed by atoms with Crippen molar-refractivity contribution in [3.63, 3.8) is 0 Å². The van der Waals surface area contributed by atoms with E-state index in [4.69, 9.17) is 22.1 Å². The van der Waals surface area contributed by atoms with Gasteiger partial charge in [-0.05, 0) is 12.1 Å². The molecule has 0 aromatic heterocycles. The Bertz CT molecular complexity index is 560. The molecule has 0 spiro atoms. The van der Waals surface area contributed by atoms with E-state index in [1.54, 1.807) is 13.0 Å². The first-order chi connectivity index (χ1) is 8.47. The molecule has 3 N–H and O–H groups in total. The Hall–Kier alpha value is -0.820. The minimum absolute atomic E-state index is 0.0859. The average molecular weight is 291 g/mol. The van der Waals surface area contributed by atoms with Crippen LogP contribution in [0.5, 0.6) is 5.75 Å². The first kappa shape index (κ1) is 13.6. The molecule has 1 aliphatic rings. The number of rotatable bonds is 4. The normalized spacial score (nSPS) is 18.5. The SMILES string of the molecule is CCNS(=O)(=O)c1cc(Cl)cc2c1OC(CN)C2. The topological polar surface area (TPSA) is 81.4 Å². The van der Waals surface area contributed by atoms with E-state index in [9.17, 15) is 8.42 Å². The van der Waals surface area contributed by atoms with Crippen molar-refractivity contribution in [2.75, 3.05) is 13.1 Å². The molecule has 100 valence electrons. The molecule has 5 nitrogen and oxygen atoms in total. The number of fused-ring (bicyclic) bond motifs is 1. The lowest BCUT2D eigenvalue weighted by Gasteiger charge is -2.11. The van der Waals surface area contributed by atoms with E-state index in [1.165, 1.54) is 6.07 Å².